The van der Waals surface area contributed by atoms with E-state index in [1.54, 1.807) is 6.08 Å². The summed E-state index contributed by atoms with van der Waals surface area (Å²) in [5.74, 6) is -0.237. The van der Waals surface area contributed by atoms with Gasteiger partial charge in [0, 0.05) is 6.42 Å². The fraction of sp³-hybridized carbons (Fsp3) is 0.804. The molecule has 0 aliphatic rings. The number of nitrogens with zero attached hydrogens (tertiary/aromatic N) is 1. The highest BCUT2D eigenvalue weighted by Crippen LogP contribution is 2.38. The summed E-state index contributed by atoms with van der Waals surface area (Å²) in [5.41, 5.74) is 0. The molecular weight excluding hydrogens is 828 g/mol. The van der Waals surface area contributed by atoms with Crippen LogP contribution in [-0.4, -0.2) is 68.5 Å². The maximum Gasteiger partial charge on any atom is 0.268 e. The van der Waals surface area contributed by atoms with Gasteiger partial charge in [0.05, 0.1) is 39.9 Å². The minimum absolute atomic E-state index is 0.0144. The molecule has 0 heterocycles. The molecule has 1 amide bonds. The molecule has 8 nitrogen and oxygen atoms in total. The van der Waals surface area contributed by atoms with E-state index in [-0.39, 0.29) is 12.5 Å². The van der Waals surface area contributed by atoms with Crippen LogP contribution in [0.2, 0.25) is 0 Å². The second kappa shape index (κ2) is 47.3. The Morgan fingerprint density at radius 3 is 1.43 bits per heavy atom. The quantitative estimate of drug-likeness (QED) is 0.0272. The van der Waals surface area contributed by atoms with E-state index in [2.05, 4.69) is 67.8 Å². The monoisotopic (exact) mass is 933 g/mol. The van der Waals surface area contributed by atoms with E-state index < -0.39 is 26.6 Å². The van der Waals surface area contributed by atoms with Crippen molar-refractivity contribution in [2.45, 2.75) is 251 Å². The number of rotatable bonds is 49. The number of carbonyl (C=O) groups excluding carboxylic acids is 1. The molecule has 0 aromatic rings. The van der Waals surface area contributed by atoms with Crippen molar-refractivity contribution in [3.05, 3.63) is 60.8 Å². The number of amides is 1. The number of quaternary nitrogens is 1. The zero-order valence-corrected chi connectivity index (χ0v) is 44.1. The van der Waals surface area contributed by atoms with Crippen LogP contribution in [0.25, 0.3) is 0 Å². The minimum atomic E-state index is -4.61. The Balaban J connectivity index is 4.19. The van der Waals surface area contributed by atoms with Gasteiger partial charge in [-0.15, -0.1) is 0 Å². The summed E-state index contributed by atoms with van der Waals surface area (Å²) in [6, 6.07) is -0.921. The first-order valence-electron chi connectivity index (χ1n) is 27.2. The lowest BCUT2D eigenvalue weighted by Gasteiger charge is -2.29. The summed E-state index contributed by atoms with van der Waals surface area (Å²) in [4.78, 5) is 25.3. The molecule has 0 bridgehead atoms. The molecule has 0 aromatic carbocycles. The molecule has 0 saturated heterocycles. The fourth-order valence-corrected chi connectivity index (χ4v) is 8.44. The molecule has 3 atom stereocenters. The smallest absolute Gasteiger partial charge is 0.268 e. The van der Waals surface area contributed by atoms with Crippen LogP contribution in [0.1, 0.15) is 239 Å². The predicted octanol–water partition coefficient (Wildman–Crippen LogP) is 15.5. The third kappa shape index (κ3) is 49.9. The SMILES string of the molecule is CC/C=C\C/C=C\C/C=C\CCCCCC(=O)NC(COP(=O)([O-])OCC[N+](C)(C)C)C(O)/C=C/CC/C=C/CCCCCCCCCCCCCCCCCCCCCCCCCC. The highest BCUT2D eigenvalue weighted by atomic mass is 31.2. The number of likely N-dealkylation sites (N-methyl/N-ethyl adjacent to an activating group) is 1. The maximum atomic E-state index is 12.9. The number of nitrogens with one attached hydrogen (secondary N) is 1. The molecule has 0 fully saturated rings. The largest absolute Gasteiger partial charge is 0.756 e. The lowest BCUT2D eigenvalue weighted by molar-refractivity contribution is -0.870. The van der Waals surface area contributed by atoms with Crippen molar-refractivity contribution < 1.29 is 32.9 Å². The number of aliphatic hydroxyl groups excluding tert-OH is 1. The Bertz CT molecular complexity index is 1240. The van der Waals surface area contributed by atoms with Gasteiger partial charge in [-0.05, 0) is 64.2 Å². The van der Waals surface area contributed by atoms with E-state index >= 15 is 0 Å². The summed E-state index contributed by atoms with van der Waals surface area (Å²) in [6.07, 6.45) is 63.2. The molecule has 2 N–H and O–H groups in total. The van der Waals surface area contributed by atoms with Gasteiger partial charge >= 0.3 is 0 Å². The molecular formula is C56H105N2O6P. The van der Waals surface area contributed by atoms with Crippen LogP contribution in [0.4, 0.5) is 0 Å². The predicted molar refractivity (Wildman–Crippen MR) is 279 cm³/mol. The number of carbonyl (C=O) groups is 1. The van der Waals surface area contributed by atoms with Gasteiger partial charge in [-0.1, -0.05) is 229 Å². The van der Waals surface area contributed by atoms with Crippen LogP contribution >= 0.6 is 7.82 Å². The van der Waals surface area contributed by atoms with E-state index in [0.717, 1.165) is 57.8 Å². The van der Waals surface area contributed by atoms with E-state index in [9.17, 15) is 19.4 Å². The van der Waals surface area contributed by atoms with E-state index in [4.69, 9.17) is 9.05 Å². The van der Waals surface area contributed by atoms with Crippen LogP contribution in [0, 0.1) is 0 Å². The summed E-state index contributed by atoms with van der Waals surface area (Å²) in [7, 11) is 1.22. The molecule has 0 radical (unpaired) electrons. The highest BCUT2D eigenvalue weighted by Gasteiger charge is 2.23. The average Bonchev–Trinajstić information content (AvgIpc) is 3.26. The van der Waals surface area contributed by atoms with Crippen molar-refractivity contribution in [1.29, 1.82) is 0 Å². The van der Waals surface area contributed by atoms with Crippen LogP contribution in [0.3, 0.4) is 0 Å². The first-order chi connectivity index (χ1) is 31.5. The van der Waals surface area contributed by atoms with Gasteiger partial charge in [-0.2, -0.15) is 0 Å². The van der Waals surface area contributed by atoms with Crippen molar-refractivity contribution in [2.24, 2.45) is 0 Å². The molecule has 0 saturated carbocycles. The van der Waals surface area contributed by atoms with Crippen molar-refractivity contribution in [3.8, 4) is 0 Å². The lowest BCUT2D eigenvalue weighted by atomic mass is 10.0. The molecule has 380 valence electrons. The fourth-order valence-electron chi connectivity index (χ4n) is 7.71. The Hall–Kier alpha value is -1.80. The lowest BCUT2D eigenvalue weighted by Crippen LogP contribution is -2.45. The summed E-state index contributed by atoms with van der Waals surface area (Å²) < 4.78 is 23.2. The van der Waals surface area contributed by atoms with Crippen molar-refractivity contribution in [3.63, 3.8) is 0 Å². The topological polar surface area (TPSA) is 108 Å². The van der Waals surface area contributed by atoms with E-state index in [1.165, 1.54) is 154 Å². The number of allylic oxidation sites excluding steroid dienone is 9. The Morgan fingerprint density at radius 2 is 0.954 bits per heavy atom. The molecule has 0 spiro atoms. The number of phosphoric ester groups is 1. The van der Waals surface area contributed by atoms with Crippen LogP contribution < -0.4 is 10.2 Å². The normalized spacial score (nSPS) is 14.5. The van der Waals surface area contributed by atoms with Gasteiger partial charge in [-0.3, -0.25) is 9.36 Å². The summed E-state index contributed by atoms with van der Waals surface area (Å²) in [6.45, 7) is 4.49. The first-order valence-corrected chi connectivity index (χ1v) is 28.6. The second-order valence-corrected chi connectivity index (χ2v) is 21.0. The zero-order valence-electron chi connectivity index (χ0n) is 43.2. The van der Waals surface area contributed by atoms with E-state index in [1.807, 2.05) is 27.2 Å². The molecule has 0 rings (SSSR count). The second-order valence-electron chi connectivity index (χ2n) is 19.5. The van der Waals surface area contributed by atoms with Gasteiger partial charge in [0.2, 0.25) is 5.91 Å². The Kier molecular flexibility index (Phi) is 46.0. The number of hydrogen-bond donors (Lipinski definition) is 2. The van der Waals surface area contributed by atoms with Crippen molar-refractivity contribution in [2.75, 3.05) is 40.9 Å². The Labute approximate surface area is 402 Å². The van der Waals surface area contributed by atoms with Gasteiger partial charge in [0.1, 0.15) is 13.2 Å². The summed E-state index contributed by atoms with van der Waals surface area (Å²) in [5, 5.41) is 13.8. The molecule has 0 aliphatic heterocycles. The molecule has 0 aliphatic carbocycles. The molecule has 65 heavy (non-hydrogen) atoms. The van der Waals surface area contributed by atoms with E-state index in [0.29, 0.717) is 23.9 Å². The average molecular weight is 933 g/mol. The van der Waals surface area contributed by atoms with Gasteiger partial charge in [-0.25, -0.2) is 0 Å². The highest BCUT2D eigenvalue weighted by molar-refractivity contribution is 7.45. The Morgan fingerprint density at radius 1 is 0.554 bits per heavy atom. The minimum Gasteiger partial charge on any atom is -0.756 e. The molecule has 9 heteroatoms. The standard InChI is InChI=1S/C56H105N2O6P/c1-6-8-10-12-14-16-18-20-21-22-23-24-25-26-27-28-29-30-31-32-33-34-35-36-38-39-41-43-45-47-49-55(59)54(53-64-65(61,62)63-52-51-58(3,4)5)57-56(60)50-48-46-44-42-40-37-19-17-15-13-11-9-7-2/h9,11,15,17,37,39-41,47,49,54-55,59H,6-8,10,12-14,16,18-36,38,42-46,48,50-53H2,1-5H3,(H-,57,60,61,62)/b11-9-,17-15-,40-37-,41-39+,49-47+. The number of unbranched alkanes of at least 4 members (excludes halogenated alkanes) is 28. The van der Waals surface area contributed by atoms with Gasteiger partial charge in [0.15, 0.2) is 0 Å². The van der Waals surface area contributed by atoms with Crippen molar-refractivity contribution in [1.82, 2.24) is 5.32 Å². The number of hydrogen-bond acceptors (Lipinski definition) is 6. The molecule has 0 aromatic heterocycles. The third-order valence-electron chi connectivity index (χ3n) is 12.0. The molecule has 3 unspecified atom stereocenters. The first kappa shape index (κ1) is 63.2. The van der Waals surface area contributed by atoms with Crippen LogP contribution in [0.15, 0.2) is 60.8 Å². The zero-order chi connectivity index (χ0) is 47.8. The third-order valence-corrected chi connectivity index (χ3v) is 12.9. The van der Waals surface area contributed by atoms with Crippen LogP contribution in [0.5, 0.6) is 0 Å². The van der Waals surface area contributed by atoms with Crippen LogP contribution in [-0.2, 0) is 18.4 Å². The van der Waals surface area contributed by atoms with Gasteiger partial charge in [0.25, 0.3) is 7.82 Å². The number of aliphatic hydroxyl groups is 1. The van der Waals surface area contributed by atoms with Crippen molar-refractivity contribution >= 4 is 13.7 Å². The summed E-state index contributed by atoms with van der Waals surface area (Å²) >= 11 is 0. The number of phosphoric acid groups is 1. The van der Waals surface area contributed by atoms with Gasteiger partial charge < -0.3 is 28.8 Å². The maximum absolute atomic E-state index is 12.9.